The van der Waals surface area contributed by atoms with Gasteiger partial charge in [-0.25, -0.2) is 13.8 Å². The van der Waals surface area contributed by atoms with Crippen molar-refractivity contribution in [2.45, 2.75) is 58.0 Å². The third-order valence-corrected chi connectivity index (χ3v) is 6.55. The zero-order valence-electron chi connectivity index (χ0n) is 19.6. The summed E-state index contributed by atoms with van der Waals surface area (Å²) in [6.45, 7) is 4.72. The average Bonchev–Trinajstić information content (AvgIpc) is 3.28. The van der Waals surface area contributed by atoms with Gasteiger partial charge in [-0.15, -0.1) is 0 Å². The van der Waals surface area contributed by atoms with Gasteiger partial charge >= 0.3 is 0 Å². The molecule has 0 spiro atoms. The van der Waals surface area contributed by atoms with E-state index in [1.807, 2.05) is 31.2 Å². The highest BCUT2D eigenvalue weighted by Crippen LogP contribution is 2.41. The molecular weight excluding hydrogens is 447 g/mol. The summed E-state index contributed by atoms with van der Waals surface area (Å²) in [7, 11) is 0. The first kappa shape index (κ1) is 24.3. The molecule has 2 aliphatic rings. The smallest absolute Gasteiger partial charge is 0.278 e. The second kappa shape index (κ2) is 9.80. The maximum absolute atomic E-state index is 14.7. The van der Waals surface area contributed by atoms with Gasteiger partial charge in [0.1, 0.15) is 24.0 Å². The fourth-order valence-electron chi connectivity index (χ4n) is 4.21. The van der Waals surface area contributed by atoms with E-state index < -0.39 is 24.2 Å². The number of benzene rings is 1. The van der Waals surface area contributed by atoms with Crippen molar-refractivity contribution in [1.29, 1.82) is 0 Å². The van der Waals surface area contributed by atoms with Crippen LogP contribution in [0.5, 0.6) is 11.6 Å². The van der Waals surface area contributed by atoms with Crippen LogP contribution in [0.4, 0.5) is 19.0 Å². The van der Waals surface area contributed by atoms with Crippen LogP contribution < -0.4 is 14.4 Å². The van der Waals surface area contributed by atoms with Crippen LogP contribution in [-0.2, 0) is 4.79 Å². The molecule has 6 nitrogen and oxygen atoms in total. The molecule has 2 heterocycles. The molecule has 4 rings (SSSR count). The van der Waals surface area contributed by atoms with Gasteiger partial charge < -0.3 is 14.4 Å². The number of rotatable bonds is 10. The van der Waals surface area contributed by atoms with Crippen molar-refractivity contribution in [3.05, 3.63) is 42.0 Å². The second-order valence-corrected chi connectivity index (χ2v) is 9.58. The van der Waals surface area contributed by atoms with E-state index in [-0.39, 0.29) is 23.6 Å². The number of aromatic nitrogens is 2. The van der Waals surface area contributed by atoms with Gasteiger partial charge in [-0.05, 0) is 36.0 Å². The van der Waals surface area contributed by atoms with Crippen molar-refractivity contribution in [2.24, 2.45) is 11.8 Å². The highest BCUT2D eigenvalue weighted by Gasteiger charge is 2.35. The van der Waals surface area contributed by atoms with Crippen LogP contribution in [0.25, 0.3) is 0 Å². The Morgan fingerprint density at radius 3 is 2.62 bits per heavy atom. The molecule has 184 valence electrons. The minimum Gasteiger partial charge on any atom is -0.489 e. The molecule has 0 amide bonds. The van der Waals surface area contributed by atoms with Crippen LogP contribution in [0.1, 0.15) is 51.5 Å². The molecule has 4 atom stereocenters. The van der Waals surface area contributed by atoms with Crippen LogP contribution in [0.3, 0.4) is 0 Å². The molecule has 1 aromatic heterocycles. The minimum absolute atomic E-state index is 0.00295. The summed E-state index contributed by atoms with van der Waals surface area (Å²) in [6, 6.07) is 7.53. The lowest BCUT2D eigenvalue weighted by Gasteiger charge is -2.20. The lowest BCUT2D eigenvalue weighted by molar-refractivity contribution is -0.120. The highest BCUT2D eigenvalue weighted by molar-refractivity contribution is 5.85. The molecule has 4 unspecified atom stereocenters. The number of nitrogens with zero attached hydrogens (tertiary/aromatic N) is 3. The molecule has 1 aromatic carbocycles. The van der Waals surface area contributed by atoms with E-state index in [1.54, 1.807) is 4.90 Å². The van der Waals surface area contributed by atoms with Crippen molar-refractivity contribution in [3.8, 4) is 11.6 Å². The van der Waals surface area contributed by atoms with Gasteiger partial charge in [0, 0.05) is 32.2 Å². The summed E-state index contributed by atoms with van der Waals surface area (Å²) in [6.07, 6.45) is 3.33. The maximum atomic E-state index is 14.7. The van der Waals surface area contributed by atoms with E-state index in [4.69, 9.17) is 9.47 Å². The normalized spacial score (nSPS) is 23.0. The summed E-state index contributed by atoms with van der Waals surface area (Å²) >= 11 is 0. The lowest BCUT2D eigenvalue weighted by atomic mass is 9.93. The number of hydrogen-bond acceptors (Lipinski definition) is 6. The van der Waals surface area contributed by atoms with Gasteiger partial charge in [-0.3, -0.25) is 4.79 Å². The molecule has 1 saturated carbocycles. The number of anilines is 1. The monoisotopic (exact) mass is 477 g/mol. The van der Waals surface area contributed by atoms with Crippen molar-refractivity contribution < 1.29 is 27.4 Å². The molecule has 9 heteroatoms. The SMILES string of the molecule is CC(C(=O)CC1CC1C)c1ccc(OC2CCN(c3ncnc(OCC(C)(F)F)c3F)C2)cc1. The van der Waals surface area contributed by atoms with Gasteiger partial charge in [0.15, 0.2) is 12.4 Å². The second-order valence-electron chi connectivity index (χ2n) is 9.58. The fourth-order valence-corrected chi connectivity index (χ4v) is 4.21. The molecule has 1 aliphatic carbocycles. The first-order valence-electron chi connectivity index (χ1n) is 11.7. The number of carbonyl (C=O) groups excluding carboxylic acids is 1. The Labute approximate surface area is 197 Å². The molecule has 1 aliphatic heterocycles. The van der Waals surface area contributed by atoms with Crippen LogP contribution in [0.2, 0.25) is 0 Å². The van der Waals surface area contributed by atoms with Crippen LogP contribution >= 0.6 is 0 Å². The van der Waals surface area contributed by atoms with E-state index in [0.29, 0.717) is 50.4 Å². The number of halogens is 3. The van der Waals surface area contributed by atoms with Crippen molar-refractivity contribution in [3.63, 3.8) is 0 Å². The Morgan fingerprint density at radius 1 is 1.26 bits per heavy atom. The zero-order valence-corrected chi connectivity index (χ0v) is 19.6. The Morgan fingerprint density at radius 2 is 1.97 bits per heavy atom. The Kier molecular flexibility index (Phi) is 7.00. The number of hydrogen-bond donors (Lipinski definition) is 0. The average molecular weight is 478 g/mol. The van der Waals surface area contributed by atoms with Crippen molar-refractivity contribution in [2.75, 3.05) is 24.6 Å². The number of carbonyl (C=O) groups is 1. The van der Waals surface area contributed by atoms with Gasteiger partial charge in [0.25, 0.3) is 11.8 Å². The van der Waals surface area contributed by atoms with Gasteiger partial charge in [-0.1, -0.05) is 26.0 Å². The van der Waals surface area contributed by atoms with Gasteiger partial charge in [0.2, 0.25) is 5.82 Å². The van der Waals surface area contributed by atoms with E-state index in [1.165, 1.54) is 0 Å². The summed E-state index contributed by atoms with van der Waals surface area (Å²) in [5.74, 6) is -2.46. The summed E-state index contributed by atoms with van der Waals surface area (Å²) in [5.41, 5.74) is 0.965. The predicted molar refractivity (Wildman–Crippen MR) is 121 cm³/mol. The third-order valence-electron chi connectivity index (χ3n) is 6.55. The zero-order chi connectivity index (χ0) is 24.5. The predicted octanol–water partition coefficient (Wildman–Crippen LogP) is 5.03. The lowest BCUT2D eigenvalue weighted by Crippen LogP contribution is -2.27. The molecule has 2 fully saturated rings. The van der Waals surface area contributed by atoms with E-state index in [0.717, 1.165) is 18.3 Å². The first-order valence-corrected chi connectivity index (χ1v) is 11.7. The minimum atomic E-state index is -3.10. The first-order chi connectivity index (χ1) is 16.1. The Bertz CT molecular complexity index is 1010. The highest BCUT2D eigenvalue weighted by atomic mass is 19.3. The van der Waals surface area contributed by atoms with Gasteiger partial charge in [0.05, 0.1) is 6.54 Å². The van der Waals surface area contributed by atoms with E-state index in [9.17, 15) is 18.0 Å². The van der Waals surface area contributed by atoms with Gasteiger partial charge in [-0.2, -0.15) is 9.37 Å². The molecule has 0 bridgehead atoms. The van der Waals surface area contributed by atoms with Crippen molar-refractivity contribution in [1.82, 2.24) is 9.97 Å². The summed E-state index contributed by atoms with van der Waals surface area (Å²) in [5, 5.41) is 0. The number of ether oxygens (including phenoxy) is 2. The van der Waals surface area contributed by atoms with Crippen LogP contribution in [-0.4, -0.2) is 47.5 Å². The standard InChI is InChI=1S/C25H30F3N3O3/c1-15-10-18(15)11-21(32)16(2)17-4-6-19(7-5-17)34-20-8-9-31(12-20)23-22(26)24(30-14-29-23)33-13-25(3,27)28/h4-7,14-16,18,20H,8-13H2,1-3H3. The Hall–Kier alpha value is -2.84. The summed E-state index contributed by atoms with van der Waals surface area (Å²) < 4.78 is 51.7. The quantitative estimate of drug-likeness (QED) is 0.479. The third kappa shape index (κ3) is 5.98. The molecule has 34 heavy (non-hydrogen) atoms. The molecule has 2 aromatic rings. The summed E-state index contributed by atoms with van der Waals surface area (Å²) in [4.78, 5) is 21.8. The topological polar surface area (TPSA) is 64.5 Å². The number of alkyl halides is 2. The van der Waals surface area contributed by atoms with Crippen LogP contribution in [0, 0.1) is 17.7 Å². The van der Waals surface area contributed by atoms with Crippen LogP contribution in [0.15, 0.2) is 30.6 Å². The number of Topliss-reactive ketones (excluding diaryl/α,β-unsaturated/α-hetero) is 1. The molecule has 1 saturated heterocycles. The molecule has 0 radical (unpaired) electrons. The largest absolute Gasteiger partial charge is 0.489 e. The van der Waals surface area contributed by atoms with E-state index >= 15 is 0 Å². The van der Waals surface area contributed by atoms with Crippen molar-refractivity contribution >= 4 is 11.6 Å². The fraction of sp³-hybridized carbons (Fsp3) is 0.560. The van der Waals surface area contributed by atoms with E-state index in [2.05, 4.69) is 16.9 Å². The maximum Gasteiger partial charge on any atom is 0.278 e. The number of ketones is 1. The molecular formula is C25H30F3N3O3. The molecule has 0 N–H and O–H groups in total. The Balaban J connectivity index is 1.32.